The highest BCUT2D eigenvalue weighted by Crippen LogP contribution is 2.30. The molecule has 0 aromatic heterocycles. The Bertz CT molecular complexity index is 1450. The molecule has 2 heterocycles. The van der Waals surface area contributed by atoms with Crippen molar-refractivity contribution in [2.45, 2.75) is 254 Å². The zero-order valence-corrected chi connectivity index (χ0v) is 43.0. The average molecular weight is 992 g/mol. The van der Waals surface area contributed by atoms with Gasteiger partial charge in [0.25, 0.3) is 0 Å². The van der Waals surface area contributed by atoms with Crippen LogP contribution in [0.4, 0.5) is 0 Å². The first-order valence-corrected chi connectivity index (χ1v) is 27.2. The van der Waals surface area contributed by atoms with Gasteiger partial charge in [0.15, 0.2) is 12.6 Å². The molecule has 1 amide bonds. The number of carbonyl (C=O) groups excluding carboxylic acids is 1. The van der Waals surface area contributed by atoms with Crippen molar-refractivity contribution < 1.29 is 64.6 Å². The van der Waals surface area contributed by atoms with Crippen molar-refractivity contribution in [3.63, 3.8) is 0 Å². The molecule has 2 fully saturated rings. The maximum absolute atomic E-state index is 13.2. The quantitative estimate of drug-likeness (QED) is 0.0209. The number of allylic oxidation sites excluding steroid dienone is 11. The molecule has 14 heteroatoms. The topological polar surface area (TPSA) is 228 Å². The first-order valence-electron chi connectivity index (χ1n) is 27.2. The van der Waals surface area contributed by atoms with Gasteiger partial charge in [-0.3, -0.25) is 4.79 Å². The number of rotatable bonds is 41. The highest BCUT2D eigenvalue weighted by atomic mass is 16.7. The second-order valence-electron chi connectivity index (χ2n) is 19.0. The highest BCUT2D eigenvalue weighted by molar-refractivity contribution is 5.76. The van der Waals surface area contributed by atoms with Gasteiger partial charge in [-0.1, -0.05) is 183 Å². The largest absolute Gasteiger partial charge is 0.394 e. The van der Waals surface area contributed by atoms with Gasteiger partial charge in [0.1, 0.15) is 48.8 Å². The lowest BCUT2D eigenvalue weighted by atomic mass is 9.97. The van der Waals surface area contributed by atoms with Crippen LogP contribution in [0.5, 0.6) is 0 Å². The number of hydrogen-bond donors (Lipinski definition) is 9. The molecule has 0 bridgehead atoms. The van der Waals surface area contributed by atoms with Gasteiger partial charge in [-0.15, -0.1) is 0 Å². The smallest absolute Gasteiger partial charge is 0.220 e. The zero-order chi connectivity index (χ0) is 51.0. The van der Waals surface area contributed by atoms with Crippen LogP contribution in [0.15, 0.2) is 72.9 Å². The minimum absolute atomic E-state index is 0.239. The van der Waals surface area contributed by atoms with Crippen molar-refractivity contribution in [3.05, 3.63) is 72.9 Å². The lowest BCUT2D eigenvalue weighted by Gasteiger charge is -2.46. The summed E-state index contributed by atoms with van der Waals surface area (Å²) in [6, 6.07) is -0.935. The van der Waals surface area contributed by atoms with Crippen molar-refractivity contribution >= 4 is 5.91 Å². The van der Waals surface area contributed by atoms with Crippen molar-refractivity contribution in [1.29, 1.82) is 0 Å². The lowest BCUT2D eigenvalue weighted by molar-refractivity contribution is -0.359. The van der Waals surface area contributed by atoms with Gasteiger partial charge in [-0.05, 0) is 64.2 Å². The van der Waals surface area contributed by atoms with Crippen LogP contribution >= 0.6 is 0 Å². The van der Waals surface area contributed by atoms with Crippen LogP contribution in [-0.2, 0) is 23.7 Å². The molecular formula is C56H97NO13. The highest BCUT2D eigenvalue weighted by Gasteiger charge is 2.51. The van der Waals surface area contributed by atoms with Crippen LogP contribution in [0.25, 0.3) is 0 Å². The first-order chi connectivity index (χ1) is 34.1. The summed E-state index contributed by atoms with van der Waals surface area (Å²) in [5.74, 6) is -0.273. The molecule has 70 heavy (non-hydrogen) atoms. The fourth-order valence-corrected chi connectivity index (χ4v) is 8.49. The fraction of sp³-hybridized carbons (Fsp3) is 0.768. The predicted octanol–water partition coefficient (Wildman–Crippen LogP) is 7.99. The Morgan fingerprint density at radius 3 is 1.51 bits per heavy atom. The SMILES string of the molecule is CC/C=C\C/C=C\C/C=C\C/C=C\C/C=C\CCCCCC(=O)NC(COC1OC(CO)C(OC2OC(CO)C(O)C(O)C2O)C(O)C1O)C(O)/C=C/CCCCCCCCCCCCCCCCC. The van der Waals surface area contributed by atoms with Crippen LogP contribution < -0.4 is 5.32 Å². The number of aliphatic hydroxyl groups excluding tert-OH is 8. The molecule has 0 aromatic rings. The minimum Gasteiger partial charge on any atom is -0.394 e. The van der Waals surface area contributed by atoms with E-state index in [0.29, 0.717) is 6.42 Å². The van der Waals surface area contributed by atoms with Gasteiger partial charge < -0.3 is 65.1 Å². The van der Waals surface area contributed by atoms with Crippen LogP contribution in [0.2, 0.25) is 0 Å². The number of carbonyl (C=O) groups is 1. The second kappa shape index (κ2) is 41.9. The summed E-state index contributed by atoms with van der Waals surface area (Å²) < 4.78 is 22.7. The summed E-state index contributed by atoms with van der Waals surface area (Å²) in [6.45, 7) is 2.64. The van der Waals surface area contributed by atoms with Gasteiger partial charge in [-0.2, -0.15) is 0 Å². The standard InChI is InChI=1S/C56H97NO13/c1-3-5-7-9-11-13-15-17-19-21-22-24-26-28-30-32-34-36-38-40-48(61)57-44(45(60)39-37-35-33-31-29-27-25-23-20-18-16-14-12-10-8-6-4-2)43-67-55-53(66)51(64)54(47(42-59)69-55)70-56-52(65)50(63)49(62)46(41-58)68-56/h5,7,11,13,17,19,22,24,28,30,37,39,44-47,49-56,58-60,62-66H,3-4,6,8-10,12,14-16,18,20-21,23,25-27,29,31-36,38,40-43H2,1-2H3,(H,57,61)/b7-5-,13-11-,19-17-,24-22-,30-28-,39-37+. The number of aliphatic hydroxyl groups is 8. The van der Waals surface area contributed by atoms with Crippen molar-refractivity contribution in [2.75, 3.05) is 19.8 Å². The van der Waals surface area contributed by atoms with Gasteiger partial charge in [0.05, 0.1) is 32.0 Å². The van der Waals surface area contributed by atoms with E-state index in [4.69, 9.17) is 18.9 Å². The van der Waals surface area contributed by atoms with E-state index in [9.17, 15) is 45.6 Å². The Morgan fingerprint density at radius 1 is 0.529 bits per heavy atom. The Hall–Kier alpha value is -2.57. The van der Waals surface area contributed by atoms with Crippen LogP contribution in [0.3, 0.4) is 0 Å². The summed E-state index contributed by atoms with van der Waals surface area (Å²) in [5, 5.41) is 86.9. The number of amides is 1. The molecule has 12 atom stereocenters. The van der Waals surface area contributed by atoms with E-state index in [-0.39, 0.29) is 18.9 Å². The molecule has 0 aliphatic carbocycles. The molecule has 14 nitrogen and oxygen atoms in total. The molecule has 12 unspecified atom stereocenters. The van der Waals surface area contributed by atoms with E-state index < -0.39 is 86.8 Å². The zero-order valence-electron chi connectivity index (χ0n) is 43.0. The predicted molar refractivity (Wildman–Crippen MR) is 277 cm³/mol. The van der Waals surface area contributed by atoms with E-state index >= 15 is 0 Å². The number of nitrogens with one attached hydrogen (secondary N) is 1. The van der Waals surface area contributed by atoms with E-state index in [0.717, 1.165) is 70.6 Å². The Morgan fingerprint density at radius 2 is 0.986 bits per heavy atom. The van der Waals surface area contributed by atoms with Gasteiger partial charge in [0, 0.05) is 6.42 Å². The van der Waals surface area contributed by atoms with E-state index in [1.54, 1.807) is 6.08 Å². The van der Waals surface area contributed by atoms with E-state index in [1.807, 2.05) is 6.08 Å². The van der Waals surface area contributed by atoms with Gasteiger partial charge in [-0.25, -0.2) is 0 Å². The molecule has 2 rings (SSSR count). The molecule has 0 spiro atoms. The lowest BCUT2D eigenvalue weighted by Crippen LogP contribution is -2.65. The van der Waals surface area contributed by atoms with Gasteiger partial charge >= 0.3 is 0 Å². The maximum Gasteiger partial charge on any atom is 0.220 e. The average Bonchev–Trinajstić information content (AvgIpc) is 3.36. The van der Waals surface area contributed by atoms with Crippen LogP contribution in [0, 0.1) is 0 Å². The summed E-state index contributed by atoms with van der Waals surface area (Å²) in [4.78, 5) is 13.2. The van der Waals surface area contributed by atoms with Crippen molar-refractivity contribution in [3.8, 4) is 0 Å². The van der Waals surface area contributed by atoms with Crippen molar-refractivity contribution in [1.82, 2.24) is 5.32 Å². The molecule has 0 aromatic carbocycles. The normalized spacial score (nSPS) is 26.5. The Balaban J connectivity index is 1.85. The third kappa shape index (κ3) is 28.0. The van der Waals surface area contributed by atoms with Crippen LogP contribution in [-0.4, -0.2) is 140 Å². The van der Waals surface area contributed by atoms with Crippen molar-refractivity contribution in [2.24, 2.45) is 0 Å². The van der Waals surface area contributed by atoms with Crippen LogP contribution in [0.1, 0.15) is 181 Å². The molecule has 0 saturated carbocycles. The van der Waals surface area contributed by atoms with Gasteiger partial charge in [0.2, 0.25) is 5.91 Å². The molecule has 9 N–H and O–H groups in total. The first kappa shape index (κ1) is 63.5. The molecule has 0 radical (unpaired) electrons. The fourth-order valence-electron chi connectivity index (χ4n) is 8.49. The monoisotopic (exact) mass is 992 g/mol. The Kier molecular flexibility index (Phi) is 38.0. The molecule has 2 saturated heterocycles. The summed E-state index contributed by atoms with van der Waals surface area (Å²) >= 11 is 0. The molecule has 2 aliphatic rings. The maximum atomic E-state index is 13.2. The van der Waals surface area contributed by atoms with E-state index in [1.165, 1.54) is 83.5 Å². The third-order valence-corrected chi connectivity index (χ3v) is 12.9. The van der Waals surface area contributed by atoms with E-state index in [2.05, 4.69) is 79.9 Å². The number of unbranched alkanes of at least 4 members (excludes halogenated alkanes) is 18. The summed E-state index contributed by atoms with van der Waals surface area (Å²) in [7, 11) is 0. The number of ether oxygens (including phenoxy) is 4. The second-order valence-corrected chi connectivity index (χ2v) is 19.0. The summed E-state index contributed by atoms with van der Waals surface area (Å²) in [5.41, 5.74) is 0. The minimum atomic E-state index is -1.79. The molecular weight excluding hydrogens is 895 g/mol. The third-order valence-electron chi connectivity index (χ3n) is 12.9. The molecule has 404 valence electrons. The molecule has 2 aliphatic heterocycles. The summed E-state index contributed by atoms with van der Waals surface area (Å²) in [6.07, 6.45) is 36.4. The Labute approximate surface area is 421 Å². The number of hydrogen-bond acceptors (Lipinski definition) is 13.